The van der Waals surface area contributed by atoms with Crippen LogP contribution in [0.3, 0.4) is 0 Å². The second kappa shape index (κ2) is 10.7. The molecule has 2 amide bonds. The van der Waals surface area contributed by atoms with Gasteiger partial charge in [0.2, 0.25) is 5.91 Å². The summed E-state index contributed by atoms with van der Waals surface area (Å²) in [4.78, 5) is 26.7. The molecule has 0 unspecified atom stereocenters. The molecule has 1 fully saturated rings. The van der Waals surface area contributed by atoms with E-state index in [2.05, 4.69) is 5.32 Å². The van der Waals surface area contributed by atoms with Gasteiger partial charge in [-0.2, -0.15) is 0 Å². The molecule has 1 aliphatic rings. The van der Waals surface area contributed by atoms with E-state index in [1.165, 1.54) is 24.3 Å². The third-order valence-electron chi connectivity index (χ3n) is 5.16. The summed E-state index contributed by atoms with van der Waals surface area (Å²) in [6.45, 7) is 1.10. The average molecular weight is 485 g/mol. The van der Waals surface area contributed by atoms with Gasteiger partial charge in [0.25, 0.3) is 5.91 Å². The summed E-state index contributed by atoms with van der Waals surface area (Å²) in [5.41, 5.74) is 2.51. The zero-order valence-electron chi connectivity index (χ0n) is 17.7. The van der Waals surface area contributed by atoms with Crippen molar-refractivity contribution in [1.82, 2.24) is 10.2 Å². The van der Waals surface area contributed by atoms with Crippen LogP contribution in [-0.2, 0) is 11.3 Å². The molecule has 5 nitrogen and oxygen atoms in total. The Morgan fingerprint density at radius 2 is 1.76 bits per heavy atom. The smallest absolute Gasteiger partial charge is 0.251 e. The molecule has 3 aromatic carbocycles. The van der Waals surface area contributed by atoms with Crippen molar-refractivity contribution in [1.29, 1.82) is 0 Å². The van der Waals surface area contributed by atoms with Crippen LogP contribution in [0.25, 0.3) is 0 Å². The molecular weight excluding hydrogens is 463 g/mol. The van der Waals surface area contributed by atoms with Crippen LogP contribution < -0.4 is 10.1 Å². The van der Waals surface area contributed by atoms with Gasteiger partial charge in [-0.1, -0.05) is 35.9 Å². The molecule has 1 atom stereocenters. The number of halogens is 2. The predicted molar refractivity (Wildman–Crippen MR) is 128 cm³/mol. The second-order valence-corrected chi connectivity index (χ2v) is 9.00. The van der Waals surface area contributed by atoms with E-state index >= 15 is 0 Å². The van der Waals surface area contributed by atoms with Crippen molar-refractivity contribution in [3.63, 3.8) is 0 Å². The van der Waals surface area contributed by atoms with Crippen molar-refractivity contribution in [2.24, 2.45) is 0 Å². The minimum Gasteiger partial charge on any atom is -0.492 e. The van der Waals surface area contributed by atoms with Crippen molar-refractivity contribution in [2.75, 3.05) is 18.9 Å². The summed E-state index contributed by atoms with van der Waals surface area (Å²) < 4.78 is 18.4. The standard InChI is InChI=1S/C25H22ClFN2O3S/c26-20-7-1-17(2-8-20)15-29-23(30)16-33-25(29)19-5-3-18(4-6-19)24(31)28-13-14-32-22-11-9-21(27)10-12-22/h1-12,25H,13-16H2,(H,28,31)/t25-/m0/s1. The fraction of sp³-hybridized carbons (Fsp3) is 0.200. The van der Waals surface area contributed by atoms with Crippen LogP contribution in [0.2, 0.25) is 5.02 Å². The number of hydrogen-bond acceptors (Lipinski definition) is 4. The number of thioether (sulfide) groups is 1. The Balaban J connectivity index is 1.31. The van der Waals surface area contributed by atoms with Gasteiger partial charge in [0, 0.05) is 17.1 Å². The van der Waals surface area contributed by atoms with Gasteiger partial charge in [0.15, 0.2) is 0 Å². The fourth-order valence-corrected chi connectivity index (χ4v) is 4.77. The Morgan fingerprint density at radius 3 is 2.45 bits per heavy atom. The van der Waals surface area contributed by atoms with Crippen molar-refractivity contribution in [2.45, 2.75) is 11.9 Å². The Labute approximate surface area is 200 Å². The summed E-state index contributed by atoms with van der Waals surface area (Å²) in [5.74, 6) is 0.517. The number of hydrogen-bond donors (Lipinski definition) is 1. The first kappa shape index (κ1) is 23.1. The van der Waals surface area contributed by atoms with Crippen LogP contribution >= 0.6 is 23.4 Å². The van der Waals surface area contributed by atoms with E-state index in [1.54, 1.807) is 23.9 Å². The quantitative estimate of drug-likeness (QED) is 0.454. The van der Waals surface area contributed by atoms with Crippen LogP contribution in [0.5, 0.6) is 5.75 Å². The van der Waals surface area contributed by atoms with E-state index < -0.39 is 0 Å². The molecule has 170 valence electrons. The van der Waals surface area contributed by atoms with Gasteiger partial charge in [0.1, 0.15) is 23.5 Å². The van der Waals surface area contributed by atoms with Crippen LogP contribution in [0.15, 0.2) is 72.8 Å². The van der Waals surface area contributed by atoms with E-state index in [1.807, 2.05) is 41.3 Å². The highest BCUT2D eigenvalue weighted by atomic mass is 35.5. The first-order valence-electron chi connectivity index (χ1n) is 10.4. The zero-order valence-corrected chi connectivity index (χ0v) is 19.2. The normalized spacial score (nSPS) is 15.5. The van der Waals surface area contributed by atoms with E-state index in [0.29, 0.717) is 35.2 Å². The summed E-state index contributed by atoms with van der Waals surface area (Å²) >= 11 is 7.53. The first-order chi connectivity index (χ1) is 16.0. The summed E-state index contributed by atoms with van der Waals surface area (Å²) in [7, 11) is 0. The maximum Gasteiger partial charge on any atom is 0.251 e. The Kier molecular flexibility index (Phi) is 7.52. The number of nitrogens with one attached hydrogen (secondary N) is 1. The Morgan fingerprint density at radius 1 is 1.06 bits per heavy atom. The van der Waals surface area contributed by atoms with Gasteiger partial charge in [-0.15, -0.1) is 11.8 Å². The molecule has 1 heterocycles. The highest BCUT2D eigenvalue weighted by molar-refractivity contribution is 8.00. The van der Waals surface area contributed by atoms with Gasteiger partial charge >= 0.3 is 0 Å². The minimum absolute atomic E-state index is 0.0860. The van der Waals surface area contributed by atoms with Crippen LogP contribution in [0.1, 0.15) is 26.9 Å². The number of ether oxygens (including phenoxy) is 1. The molecule has 0 spiro atoms. The number of carbonyl (C=O) groups is 2. The van der Waals surface area contributed by atoms with Gasteiger partial charge in [-0.3, -0.25) is 9.59 Å². The topological polar surface area (TPSA) is 58.6 Å². The van der Waals surface area contributed by atoms with E-state index in [0.717, 1.165) is 11.1 Å². The van der Waals surface area contributed by atoms with E-state index in [9.17, 15) is 14.0 Å². The van der Waals surface area contributed by atoms with Crippen LogP contribution in [0.4, 0.5) is 4.39 Å². The lowest BCUT2D eigenvalue weighted by atomic mass is 10.1. The largest absolute Gasteiger partial charge is 0.492 e. The highest BCUT2D eigenvalue weighted by Crippen LogP contribution is 2.39. The SMILES string of the molecule is O=C(NCCOc1ccc(F)cc1)c1ccc([C@@H]2SCC(=O)N2Cc2ccc(Cl)cc2)cc1. The monoisotopic (exact) mass is 484 g/mol. The van der Waals surface area contributed by atoms with Gasteiger partial charge < -0.3 is 15.0 Å². The lowest BCUT2D eigenvalue weighted by Gasteiger charge is -2.24. The summed E-state index contributed by atoms with van der Waals surface area (Å²) in [6.07, 6.45) is 0. The molecule has 3 aromatic rings. The lowest BCUT2D eigenvalue weighted by molar-refractivity contribution is -0.128. The molecule has 0 saturated carbocycles. The summed E-state index contributed by atoms with van der Waals surface area (Å²) in [6, 6.07) is 20.5. The third-order valence-corrected chi connectivity index (χ3v) is 6.67. The number of rotatable bonds is 8. The highest BCUT2D eigenvalue weighted by Gasteiger charge is 2.32. The van der Waals surface area contributed by atoms with Gasteiger partial charge in [-0.25, -0.2) is 4.39 Å². The zero-order chi connectivity index (χ0) is 23.2. The fourth-order valence-electron chi connectivity index (χ4n) is 3.45. The number of nitrogens with zero attached hydrogens (tertiary/aromatic N) is 1. The number of benzene rings is 3. The summed E-state index contributed by atoms with van der Waals surface area (Å²) in [5, 5.41) is 3.36. The van der Waals surface area contributed by atoms with Crippen molar-refractivity contribution in [3.05, 3.63) is 100 Å². The Bertz CT molecular complexity index is 1110. The molecule has 0 radical (unpaired) electrons. The second-order valence-electron chi connectivity index (χ2n) is 7.49. The average Bonchev–Trinajstić information content (AvgIpc) is 3.19. The van der Waals surface area contributed by atoms with Gasteiger partial charge in [0.05, 0.1) is 12.3 Å². The van der Waals surface area contributed by atoms with Crippen molar-refractivity contribution >= 4 is 35.2 Å². The molecule has 8 heteroatoms. The van der Waals surface area contributed by atoms with Crippen LogP contribution in [-0.4, -0.2) is 35.6 Å². The third kappa shape index (κ3) is 6.06. The molecule has 0 bridgehead atoms. The molecule has 0 aromatic heterocycles. The molecule has 0 aliphatic carbocycles. The Hall–Kier alpha value is -3.03. The number of carbonyl (C=O) groups excluding carboxylic acids is 2. The maximum absolute atomic E-state index is 12.9. The lowest BCUT2D eigenvalue weighted by Crippen LogP contribution is -2.28. The van der Waals surface area contributed by atoms with Crippen molar-refractivity contribution < 1.29 is 18.7 Å². The van der Waals surface area contributed by atoms with E-state index in [4.69, 9.17) is 16.3 Å². The van der Waals surface area contributed by atoms with Crippen molar-refractivity contribution in [3.8, 4) is 5.75 Å². The molecule has 1 N–H and O–H groups in total. The maximum atomic E-state index is 12.9. The van der Waals surface area contributed by atoms with Gasteiger partial charge in [-0.05, 0) is 59.7 Å². The predicted octanol–water partition coefficient (Wildman–Crippen LogP) is 5.06. The molecule has 33 heavy (non-hydrogen) atoms. The molecular formula is C25H22ClFN2O3S. The minimum atomic E-state index is -0.326. The van der Waals surface area contributed by atoms with Crippen LogP contribution in [0, 0.1) is 5.82 Å². The number of amides is 2. The molecule has 1 aliphatic heterocycles. The van der Waals surface area contributed by atoms with E-state index in [-0.39, 0.29) is 29.6 Å². The first-order valence-corrected chi connectivity index (χ1v) is 11.8. The molecule has 4 rings (SSSR count). The molecule has 1 saturated heterocycles.